The Balaban J connectivity index is 1.05. The second kappa shape index (κ2) is 9.14. The Morgan fingerprint density at radius 1 is 1.05 bits per heavy atom. The predicted molar refractivity (Wildman–Crippen MR) is 141 cm³/mol. The van der Waals surface area contributed by atoms with E-state index in [2.05, 4.69) is 31.7 Å². The van der Waals surface area contributed by atoms with Gasteiger partial charge in [-0.15, -0.1) is 0 Å². The van der Waals surface area contributed by atoms with Crippen LogP contribution in [0.3, 0.4) is 0 Å². The minimum atomic E-state index is -4.52. The van der Waals surface area contributed by atoms with Crippen LogP contribution in [0.5, 0.6) is 0 Å². The van der Waals surface area contributed by atoms with E-state index in [1.54, 1.807) is 0 Å². The molecule has 4 bridgehead atoms. The summed E-state index contributed by atoms with van der Waals surface area (Å²) in [6.07, 6.45) is 2.85. The highest BCUT2D eigenvalue weighted by Crippen LogP contribution is 2.56. The van der Waals surface area contributed by atoms with E-state index in [0.29, 0.717) is 25.2 Å². The number of aliphatic hydroxyl groups excluding tert-OH is 1. The van der Waals surface area contributed by atoms with E-state index in [1.165, 1.54) is 5.56 Å². The number of nitrogens with one attached hydrogen (secondary N) is 2. The summed E-state index contributed by atoms with van der Waals surface area (Å²) in [6.45, 7) is 0. The highest BCUT2D eigenvalue weighted by Gasteiger charge is 2.56. The van der Waals surface area contributed by atoms with Crippen LogP contribution >= 0.6 is 0 Å². The van der Waals surface area contributed by atoms with E-state index in [1.807, 2.05) is 24.7 Å². The molecule has 2 heterocycles. The van der Waals surface area contributed by atoms with Crippen LogP contribution in [-0.2, 0) is 16.2 Å². The van der Waals surface area contributed by atoms with Crippen LogP contribution in [0.1, 0.15) is 55.7 Å². The van der Waals surface area contributed by atoms with Crippen LogP contribution in [0.4, 0.5) is 13.2 Å². The van der Waals surface area contributed by atoms with Crippen molar-refractivity contribution in [3.8, 4) is 11.3 Å². The van der Waals surface area contributed by atoms with Crippen LogP contribution in [0.2, 0.25) is 0 Å². The van der Waals surface area contributed by atoms with Crippen LogP contribution in [0.25, 0.3) is 11.3 Å². The van der Waals surface area contributed by atoms with Crippen molar-refractivity contribution in [3.63, 3.8) is 0 Å². The number of alkyl halides is 3. The third kappa shape index (κ3) is 4.38. The molecule has 0 radical (unpaired) electrons. The molecule has 0 amide bonds. The van der Waals surface area contributed by atoms with Crippen molar-refractivity contribution in [2.24, 2.45) is 17.8 Å². The van der Waals surface area contributed by atoms with Gasteiger partial charge >= 0.3 is 6.18 Å². The van der Waals surface area contributed by atoms with Gasteiger partial charge in [-0.25, -0.2) is 18.1 Å². The van der Waals surface area contributed by atoms with E-state index >= 15 is 0 Å². The van der Waals surface area contributed by atoms with Crippen molar-refractivity contribution in [2.75, 3.05) is 0 Å². The molecule has 1 aromatic heterocycles. The van der Waals surface area contributed by atoms with Gasteiger partial charge in [0, 0.05) is 23.6 Å². The first-order chi connectivity index (χ1) is 19.0. The zero-order valence-corrected chi connectivity index (χ0v) is 22.5. The van der Waals surface area contributed by atoms with E-state index < -0.39 is 33.5 Å². The first-order valence-corrected chi connectivity index (χ1v) is 15.3. The molecule has 1 aliphatic heterocycles. The van der Waals surface area contributed by atoms with Gasteiger partial charge in [0.2, 0.25) is 10.0 Å². The van der Waals surface area contributed by atoms with Crippen LogP contribution in [0, 0.1) is 17.8 Å². The topological polar surface area (TPSA) is 96.2 Å². The van der Waals surface area contributed by atoms with Gasteiger partial charge in [-0.05, 0) is 79.7 Å². The summed E-state index contributed by atoms with van der Waals surface area (Å²) in [7, 11) is -3.99. The second-order valence-electron chi connectivity index (χ2n) is 12.1. The lowest BCUT2D eigenvalue weighted by Gasteiger charge is -2.60. The maximum absolute atomic E-state index is 13.3. The molecule has 7 nitrogen and oxygen atoms in total. The Morgan fingerprint density at radius 2 is 1.75 bits per heavy atom. The third-order valence-corrected chi connectivity index (χ3v) is 11.1. The molecule has 3 N–H and O–H groups in total. The fourth-order valence-electron chi connectivity index (χ4n) is 8.26. The Kier molecular flexibility index (Phi) is 5.98. The molecule has 3 aromatic rings. The van der Waals surface area contributed by atoms with Gasteiger partial charge in [-0.2, -0.15) is 13.2 Å². The summed E-state index contributed by atoms with van der Waals surface area (Å²) in [6, 6.07) is 11.9. The monoisotopic (exact) mass is 572 g/mol. The first kappa shape index (κ1) is 26.2. The molecule has 4 aliphatic carbocycles. The number of imidazole rings is 1. The van der Waals surface area contributed by atoms with Crippen LogP contribution < -0.4 is 10.0 Å². The minimum Gasteiger partial charge on any atom is -0.379 e. The molecule has 0 saturated heterocycles. The predicted octanol–water partition coefficient (Wildman–Crippen LogP) is 4.70. The molecule has 0 spiro atoms. The average Bonchev–Trinajstić information content (AvgIpc) is 3.47. The van der Waals surface area contributed by atoms with Gasteiger partial charge in [-0.1, -0.05) is 24.3 Å². The average molecular weight is 573 g/mol. The zero-order chi connectivity index (χ0) is 27.9. The molecule has 4 unspecified atom stereocenters. The maximum Gasteiger partial charge on any atom is 0.416 e. The maximum atomic E-state index is 13.3. The van der Waals surface area contributed by atoms with Crippen LogP contribution in [-0.4, -0.2) is 40.9 Å². The summed E-state index contributed by atoms with van der Waals surface area (Å²) < 4.78 is 70.4. The largest absolute Gasteiger partial charge is 0.416 e. The van der Waals surface area contributed by atoms with E-state index in [-0.39, 0.29) is 28.8 Å². The normalized spacial score (nSPS) is 31.2. The summed E-state index contributed by atoms with van der Waals surface area (Å²) in [5.41, 5.74) is 1.86. The molecule has 5 aliphatic rings. The number of hydrogen-bond donors (Lipinski definition) is 3. The lowest BCUT2D eigenvalue weighted by molar-refractivity contribution is -0.137. The van der Waals surface area contributed by atoms with Gasteiger partial charge in [0.05, 0.1) is 34.7 Å². The number of aromatic nitrogens is 2. The molecule has 4 fully saturated rings. The number of nitrogens with zero attached hydrogens (tertiary/aromatic N) is 2. The number of fused-ring (bicyclic) bond motifs is 3. The highest BCUT2D eigenvalue weighted by molar-refractivity contribution is 7.89. The fourth-order valence-corrected chi connectivity index (χ4v) is 9.70. The quantitative estimate of drug-likeness (QED) is 0.357. The smallest absolute Gasteiger partial charge is 0.379 e. The van der Waals surface area contributed by atoms with Gasteiger partial charge in [0.25, 0.3) is 0 Å². The van der Waals surface area contributed by atoms with Crippen LogP contribution in [0.15, 0.2) is 66.0 Å². The number of benzene rings is 2. The summed E-state index contributed by atoms with van der Waals surface area (Å²) in [4.78, 5) is 4.15. The third-order valence-electron chi connectivity index (χ3n) is 9.54. The van der Waals surface area contributed by atoms with Gasteiger partial charge < -0.3 is 9.67 Å². The molecule has 8 rings (SSSR count). The van der Waals surface area contributed by atoms with Crippen molar-refractivity contribution < 1.29 is 26.7 Å². The second-order valence-corrected chi connectivity index (χ2v) is 13.8. The minimum absolute atomic E-state index is 0.0186. The molecular formula is C29H31F3N4O3S. The molecule has 11 heteroatoms. The fraction of sp³-hybridized carbons (Fsp3) is 0.483. The number of sulfonamides is 1. The van der Waals surface area contributed by atoms with Gasteiger partial charge in [0.15, 0.2) is 0 Å². The molecule has 40 heavy (non-hydrogen) atoms. The summed E-state index contributed by atoms with van der Waals surface area (Å²) in [5, 5.41) is 14.7. The first-order valence-electron chi connectivity index (χ1n) is 13.8. The van der Waals surface area contributed by atoms with Gasteiger partial charge in [-0.3, -0.25) is 5.32 Å². The molecule has 2 aromatic carbocycles. The summed E-state index contributed by atoms with van der Waals surface area (Å²) >= 11 is 0. The Labute approximate surface area is 230 Å². The number of aliphatic hydroxyl groups is 1. The van der Waals surface area contributed by atoms with Crippen molar-refractivity contribution in [1.29, 1.82) is 0 Å². The van der Waals surface area contributed by atoms with E-state index in [0.717, 1.165) is 54.8 Å². The number of rotatable bonds is 7. The van der Waals surface area contributed by atoms with Crippen molar-refractivity contribution in [3.05, 3.63) is 72.2 Å². The van der Waals surface area contributed by atoms with Crippen molar-refractivity contribution in [2.45, 2.75) is 73.4 Å². The molecule has 4 saturated carbocycles. The van der Waals surface area contributed by atoms with E-state index in [4.69, 9.17) is 0 Å². The number of halogens is 3. The Morgan fingerprint density at radius 3 is 2.45 bits per heavy atom. The molecule has 4 atom stereocenters. The highest BCUT2D eigenvalue weighted by atomic mass is 32.2. The van der Waals surface area contributed by atoms with Crippen molar-refractivity contribution >= 4 is 10.0 Å². The summed E-state index contributed by atoms with van der Waals surface area (Å²) in [5.74, 6) is 0.796. The SMILES string of the molecule is O=S(=O)(NC12CC3CC(C1)C(NC(O)CC1c4ccccc4-c4cncn41)C(C3)C2)c1ccc(C(F)(F)F)cc1. The van der Waals surface area contributed by atoms with Gasteiger partial charge in [0.1, 0.15) is 6.23 Å². The molecule has 212 valence electrons. The lowest BCUT2D eigenvalue weighted by Crippen LogP contribution is -2.67. The Hall–Kier alpha value is -2.73. The zero-order valence-electron chi connectivity index (χ0n) is 21.7. The van der Waals surface area contributed by atoms with Crippen molar-refractivity contribution in [1.82, 2.24) is 19.6 Å². The number of hydrogen-bond acceptors (Lipinski definition) is 5. The standard InChI is InChI=1S/C29H31F3N4O3S/c30-29(31,32)20-5-7-21(8-6-20)40(38,39)35-28-12-17-9-18(13-28)27(19(10-17)14-28)34-26(37)11-24-22-3-1-2-4-23(22)25-15-33-16-36(24)25/h1-8,15-19,24,26-27,34-35,37H,9-14H2. The molecular weight excluding hydrogens is 541 g/mol. The Bertz CT molecular complexity index is 1520. The lowest BCUT2D eigenvalue weighted by atomic mass is 9.51. The van der Waals surface area contributed by atoms with E-state index in [9.17, 15) is 26.7 Å².